The number of sulfonamides is 1. The Kier molecular flexibility index (Phi) is 5.79. The highest BCUT2D eigenvalue weighted by molar-refractivity contribution is 7.89. The number of rotatable bonds is 5. The Morgan fingerprint density at radius 2 is 1.82 bits per heavy atom. The minimum absolute atomic E-state index is 0.294. The SMILES string of the molecule is CN=C(NCCNS(=O)(=O)c1ccc(C)cc1)N1CCCC1. The maximum atomic E-state index is 12.1. The van der Waals surface area contributed by atoms with Gasteiger partial charge < -0.3 is 10.2 Å². The zero-order chi connectivity index (χ0) is 16.0. The summed E-state index contributed by atoms with van der Waals surface area (Å²) in [6.45, 7) is 4.78. The van der Waals surface area contributed by atoms with Gasteiger partial charge in [-0.05, 0) is 31.9 Å². The molecule has 0 radical (unpaired) electrons. The molecule has 122 valence electrons. The molecule has 1 aliphatic rings. The summed E-state index contributed by atoms with van der Waals surface area (Å²) in [7, 11) is -1.70. The first kappa shape index (κ1) is 16.8. The summed E-state index contributed by atoms with van der Waals surface area (Å²) >= 11 is 0. The molecule has 6 nitrogen and oxygen atoms in total. The van der Waals surface area contributed by atoms with E-state index >= 15 is 0 Å². The second-order valence-electron chi connectivity index (χ2n) is 5.38. The van der Waals surface area contributed by atoms with Crippen molar-refractivity contribution >= 4 is 16.0 Å². The van der Waals surface area contributed by atoms with Crippen LogP contribution in [-0.2, 0) is 10.0 Å². The van der Waals surface area contributed by atoms with Crippen LogP contribution in [0.2, 0.25) is 0 Å². The van der Waals surface area contributed by atoms with E-state index < -0.39 is 10.0 Å². The lowest BCUT2D eigenvalue weighted by Crippen LogP contribution is -2.42. The van der Waals surface area contributed by atoms with Crippen molar-refractivity contribution in [2.24, 2.45) is 4.99 Å². The Bertz CT molecular complexity index is 605. The quantitative estimate of drug-likeness (QED) is 0.480. The van der Waals surface area contributed by atoms with Crippen molar-refractivity contribution in [3.05, 3.63) is 29.8 Å². The zero-order valence-electron chi connectivity index (χ0n) is 13.2. The third kappa shape index (κ3) is 4.45. The largest absolute Gasteiger partial charge is 0.355 e. The molecule has 0 bridgehead atoms. The van der Waals surface area contributed by atoms with Crippen LogP contribution in [0.5, 0.6) is 0 Å². The van der Waals surface area contributed by atoms with Gasteiger partial charge in [-0.3, -0.25) is 4.99 Å². The molecule has 0 aromatic heterocycles. The van der Waals surface area contributed by atoms with Crippen molar-refractivity contribution < 1.29 is 8.42 Å². The number of nitrogens with zero attached hydrogens (tertiary/aromatic N) is 2. The van der Waals surface area contributed by atoms with Gasteiger partial charge >= 0.3 is 0 Å². The summed E-state index contributed by atoms with van der Waals surface area (Å²) in [4.78, 5) is 6.71. The minimum Gasteiger partial charge on any atom is -0.355 e. The number of likely N-dealkylation sites (tertiary alicyclic amines) is 1. The lowest BCUT2D eigenvalue weighted by atomic mass is 10.2. The maximum absolute atomic E-state index is 12.1. The molecular formula is C15H24N4O2S. The predicted molar refractivity (Wildman–Crippen MR) is 88.5 cm³/mol. The fourth-order valence-corrected chi connectivity index (χ4v) is 3.45. The number of hydrogen-bond acceptors (Lipinski definition) is 3. The molecule has 1 aliphatic heterocycles. The van der Waals surface area contributed by atoms with Gasteiger partial charge in [-0.25, -0.2) is 13.1 Å². The van der Waals surface area contributed by atoms with Crippen LogP contribution in [0.4, 0.5) is 0 Å². The average molecular weight is 324 g/mol. The van der Waals surface area contributed by atoms with Gasteiger partial charge in [0, 0.05) is 33.2 Å². The summed E-state index contributed by atoms with van der Waals surface area (Å²) in [6, 6.07) is 6.83. The van der Waals surface area contributed by atoms with Crippen molar-refractivity contribution in [2.75, 3.05) is 33.2 Å². The first-order valence-corrected chi connectivity index (χ1v) is 9.03. The minimum atomic E-state index is -3.44. The number of hydrogen-bond donors (Lipinski definition) is 2. The average Bonchev–Trinajstić information content (AvgIpc) is 3.02. The standard InChI is InChI=1S/C15H24N4O2S/c1-13-5-7-14(8-6-13)22(20,21)18-10-9-17-15(16-2)19-11-3-4-12-19/h5-8,18H,3-4,9-12H2,1-2H3,(H,16,17). The van der Waals surface area contributed by atoms with Gasteiger partial charge in [-0.1, -0.05) is 17.7 Å². The van der Waals surface area contributed by atoms with Crippen molar-refractivity contribution in [1.82, 2.24) is 14.9 Å². The molecule has 1 saturated heterocycles. The highest BCUT2D eigenvalue weighted by Gasteiger charge is 2.16. The van der Waals surface area contributed by atoms with Crippen LogP contribution < -0.4 is 10.0 Å². The first-order valence-electron chi connectivity index (χ1n) is 7.55. The summed E-state index contributed by atoms with van der Waals surface area (Å²) in [5, 5.41) is 3.19. The van der Waals surface area contributed by atoms with E-state index in [0.29, 0.717) is 18.0 Å². The van der Waals surface area contributed by atoms with Crippen LogP contribution in [0.15, 0.2) is 34.2 Å². The fraction of sp³-hybridized carbons (Fsp3) is 0.533. The number of nitrogens with one attached hydrogen (secondary N) is 2. The van der Waals surface area contributed by atoms with Crippen molar-refractivity contribution in [2.45, 2.75) is 24.7 Å². The molecule has 2 rings (SSSR count). The fourth-order valence-electron chi connectivity index (χ4n) is 2.42. The third-order valence-corrected chi connectivity index (χ3v) is 5.13. The third-order valence-electron chi connectivity index (χ3n) is 3.65. The summed E-state index contributed by atoms with van der Waals surface area (Å²) < 4.78 is 26.9. The molecule has 1 aromatic rings. The molecule has 7 heteroatoms. The van der Waals surface area contributed by atoms with E-state index in [-0.39, 0.29) is 0 Å². The van der Waals surface area contributed by atoms with Gasteiger partial charge in [0.2, 0.25) is 10.0 Å². The number of benzene rings is 1. The molecule has 1 fully saturated rings. The molecule has 0 unspecified atom stereocenters. The Hall–Kier alpha value is -1.60. The molecule has 0 spiro atoms. The Morgan fingerprint density at radius 3 is 2.41 bits per heavy atom. The summed E-state index contributed by atoms with van der Waals surface area (Å²) in [5.74, 6) is 0.840. The number of aliphatic imine (C=N–C) groups is 1. The number of guanidine groups is 1. The molecule has 2 N–H and O–H groups in total. The van der Waals surface area contributed by atoms with Crippen LogP contribution in [0.1, 0.15) is 18.4 Å². The summed E-state index contributed by atoms with van der Waals surface area (Å²) in [6.07, 6.45) is 2.36. The zero-order valence-corrected chi connectivity index (χ0v) is 14.0. The maximum Gasteiger partial charge on any atom is 0.240 e. The first-order chi connectivity index (χ1) is 10.5. The lowest BCUT2D eigenvalue weighted by Gasteiger charge is -2.20. The van der Waals surface area contributed by atoms with E-state index in [9.17, 15) is 8.42 Å². The Labute approximate surface area is 132 Å². The van der Waals surface area contributed by atoms with Crippen LogP contribution >= 0.6 is 0 Å². The lowest BCUT2D eigenvalue weighted by molar-refractivity contribution is 0.493. The molecule has 0 atom stereocenters. The van der Waals surface area contributed by atoms with Crippen LogP contribution in [-0.4, -0.2) is 52.5 Å². The van der Waals surface area contributed by atoms with Crippen molar-refractivity contribution in [1.29, 1.82) is 0 Å². The van der Waals surface area contributed by atoms with E-state index in [2.05, 4.69) is 19.9 Å². The van der Waals surface area contributed by atoms with E-state index in [1.54, 1.807) is 31.3 Å². The van der Waals surface area contributed by atoms with Gasteiger partial charge in [0.25, 0.3) is 0 Å². The van der Waals surface area contributed by atoms with E-state index in [4.69, 9.17) is 0 Å². The normalized spacial score (nSPS) is 16.1. The molecule has 0 aliphatic carbocycles. The monoisotopic (exact) mass is 324 g/mol. The van der Waals surface area contributed by atoms with Crippen molar-refractivity contribution in [3.8, 4) is 0 Å². The smallest absolute Gasteiger partial charge is 0.240 e. The van der Waals surface area contributed by atoms with E-state index in [0.717, 1.165) is 24.6 Å². The number of aryl methyl sites for hydroxylation is 1. The molecule has 1 heterocycles. The highest BCUT2D eigenvalue weighted by Crippen LogP contribution is 2.09. The van der Waals surface area contributed by atoms with Crippen LogP contribution in [0.25, 0.3) is 0 Å². The van der Waals surface area contributed by atoms with Gasteiger partial charge in [0.05, 0.1) is 4.90 Å². The van der Waals surface area contributed by atoms with Crippen LogP contribution in [0.3, 0.4) is 0 Å². The summed E-state index contributed by atoms with van der Waals surface area (Å²) in [5.41, 5.74) is 1.04. The molecular weight excluding hydrogens is 300 g/mol. The van der Waals surface area contributed by atoms with E-state index in [1.165, 1.54) is 12.8 Å². The predicted octanol–water partition coefficient (Wildman–Crippen LogP) is 0.945. The van der Waals surface area contributed by atoms with Gasteiger partial charge in [-0.15, -0.1) is 0 Å². The van der Waals surface area contributed by atoms with E-state index in [1.807, 2.05) is 6.92 Å². The van der Waals surface area contributed by atoms with Crippen LogP contribution in [0, 0.1) is 6.92 Å². The molecule has 22 heavy (non-hydrogen) atoms. The van der Waals surface area contributed by atoms with Crippen molar-refractivity contribution in [3.63, 3.8) is 0 Å². The topological polar surface area (TPSA) is 73.8 Å². The molecule has 0 amide bonds. The Balaban J connectivity index is 1.81. The van der Waals surface area contributed by atoms with Gasteiger partial charge in [0.1, 0.15) is 0 Å². The molecule has 1 aromatic carbocycles. The van der Waals surface area contributed by atoms with Gasteiger partial charge in [-0.2, -0.15) is 0 Å². The second kappa shape index (κ2) is 7.60. The highest BCUT2D eigenvalue weighted by atomic mass is 32.2. The molecule has 0 saturated carbocycles. The second-order valence-corrected chi connectivity index (χ2v) is 7.15. The Morgan fingerprint density at radius 1 is 1.18 bits per heavy atom. The van der Waals surface area contributed by atoms with Gasteiger partial charge in [0.15, 0.2) is 5.96 Å².